The van der Waals surface area contributed by atoms with E-state index in [1.165, 1.54) is 44.1 Å². The van der Waals surface area contributed by atoms with Crippen molar-refractivity contribution in [2.24, 2.45) is 17.8 Å². The average molecular weight is 426 g/mol. The highest BCUT2D eigenvalue weighted by Crippen LogP contribution is 2.55. The smallest absolute Gasteiger partial charge is 0.180 e. The SMILES string of the molecule is COc1cc(CNC23CC4CC(CC(C4)C2)C3)cc(Cl)c1OCc1cccc(C)c1. The maximum absolute atomic E-state index is 6.63. The molecule has 4 saturated carbocycles. The summed E-state index contributed by atoms with van der Waals surface area (Å²) in [4.78, 5) is 0. The highest BCUT2D eigenvalue weighted by atomic mass is 35.5. The van der Waals surface area contributed by atoms with E-state index in [0.717, 1.165) is 35.4 Å². The van der Waals surface area contributed by atoms with Gasteiger partial charge < -0.3 is 14.8 Å². The van der Waals surface area contributed by atoms with Crippen LogP contribution >= 0.6 is 11.6 Å². The zero-order chi connectivity index (χ0) is 20.7. The zero-order valence-corrected chi connectivity index (χ0v) is 18.8. The summed E-state index contributed by atoms with van der Waals surface area (Å²) in [5.74, 6) is 4.16. The van der Waals surface area contributed by atoms with Gasteiger partial charge in [-0.25, -0.2) is 0 Å². The molecule has 6 rings (SSSR count). The molecule has 0 heterocycles. The van der Waals surface area contributed by atoms with Crippen molar-refractivity contribution in [1.82, 2.24) is 5.32 Å². The molecule has 0 spiro atoms. The van der Waals surface area contributed by atoms with Gasteiger partial charge >= 0.3 is 0 Å². The summed E-state index contributed by atoms with van der Waals surface area (Å²) < 4.78 is 11.7. The fourth-order valence-corrected chi connectivity index (χ4v) is 6.88. The number of aryl methyl sites for hydroxylation is 1. The maximum atomic E-state index is 6.63. The summed E-state index contributed by atoms with van der Waals surface area (Å²) >= 11 is 6.63. The predicted octanol–water partition coefficient (Wildman–Crippen LogP) is 6.29. The Bertz CT molecular complexity index is 890. The Morgan fingerprint density at radius 3 is 2.33 bits per heavy atom. The summed E-state index contributed by atoms with van der Waals surface area (Å²) in [5, 5.41) is 4.57. The van der Waals surface area contributed by atoms with Crippen LogP contribution in [0.25, 0.3) is 0 Å². The van der Waals surface area contributed by atoms with Crippen molar-refractivity contribution in [3.8, 4) is 11.5 Å². The molecule has 3 nitrogen and oxygen atoms in total. The van der Waals surface area contributed by atoms with E-state index in [0.29, 0.717) is 28.7 Å². The Morgan fingerprint density at radius 2 is 1.70 bits per heavy atom. The van der Waals surface area contributed by atoms with Gasteiger partial charge in [-0.3, -0.25) is 0 Å². The minimum Gasteiger partial charge on any atom is -0.493 e. The molecule has 0 radical (unpaired) electrons. The van der Waals surface area contributed by atoms with Crippen LogP contribution < -0.4 is 14.8 Å². The number of methoxy groups -OCH3 is 1. The third-order valence-electron chi connectivity index (χ3n) is 7.46. The second-order valence-corrected chi connectivity index (χ2v) is 10.3. The van der Waals surface area contributed by atoms with Crippen molar-refractivity contribution in [3.63, 3.8) is 0 Å². The van der Waals surface area contributed by atoms with Crippen LogP contribution in [0.3, 0.4) is 0 Å². The molecule has 4 bridgehead atoms. The molecule has 0 aromatic heterocycles. The lowest BCUT2D eigenvalue weighted by Crippen LogP contribution is -2.58. The molecule has 30 heavy (non-hydrogen) atoms. The van der Waals surface area contributed by atoms with Crippen LogP contribution in [0.4, 0.5) is 0 Å². The molecule has 2 aromatic carbocycles. The van der Waals surface area contributed by atoms with Crippen molar-refractivity contribution in [2.75, 3.05) is 7.11 Å². The number of ether oxygens (including phenoxy) is 2. The normalized spacial score (nSPS) is 29.2. The van der Waals surface area contributed by atoms with E-state index in [1.54, 1.807) is 7.11 Å². The molecule has 2 aromatic rings. The summed E-state index contributed by atoms with van der Waals surface area (Å²) in [6.07, 6.45) is 8.44. The lowest BCUT2D eigenvalue weighted by molar-refractivity contribution is -0.0206. The van der Waals surface area contributed by atoms with Crippen LogP contribution in [0.5, 0.6) is 11.5 Å². The van der Waals surface area contributed by atoms with E-state index in [-0.39, 0.29) is 0 Å². The number of hydrogen-bond donors (Lipinski definition) is 1. The third kappa shape index (κ3) is 4.07. The topological polar surface area (TPSA) is 30.5 Å². The van der Waals surface area contributed by atoms with Gasteiger partial charge in [-0.05, 0) is 86.5 Å². The second kappa shape index (κ2) is 8.09. The lowest BCUT2D eigenvalue weighted by atomic mass is 9.53. The Kier molecular flexibility index (Phi) is 5.45. The molecular formula is C26H32ClNO2. The first-order valence-electron chi connectivity index (χ1n) is 11.3. The van der Waals surface area contributed by atoms with Crippen molar-refractivity contribution in [3.05, 3.63) is 58.1 Å². The van der Waals surface area contributed by atoms with Gasteiger partial charge in [0.05, 0.1) is 12.1 Å². The minimum atomic E-state index is 0.342. The molecule has 4 heteroatoms. The highest BCUT2D eigenvalue weighted by Gasteiger charge is 2.50. The van der Waals surface area contributed by atoms with Crippen molar-refractivity contribution in [2.45, 2.75) is 64.1 Å². The first-order valence-corrected chi connectivity index (χ1v) is 11.7. The molecule has 0 atom stereocenters. The van der Waals surface area contributed by atoms with Crippen LogP contribution in [0.2, 0.25) is 5.02 Å². The largest absolute Gasteiger partial charge is 0.493 e. The minimum absolute atomic E-state index is 0.342. The van der Waals surface area contributed by atoms with Gasteiger partial charge in [0, 0.05) is 12.1 Å². The molecule has 0 aliphatic heterocycles. The van der Waals surface area contributed by atoms with Crippen LogP contribution in [-0.4, -0.2) is 12.6 Å². The molecule has 1 N–H and O–H groups in total. The van der Waals surface area contributed by atoms with E-state index >= 15 is 0 Å². The quantitative estimate of drug-likeness (QED) is 0.565. The highest BCUT2D eigenvalue weighted by molar-refractivity contribution is 6.32. The van der Waals surface area contributed by atoms with Gasteiger partial charge in [0.2, 0.25) is 0 Å². The van der Waals surface area contributed by atoms with Gasteiger partial charge in [-0.15, -0.1) is 0 Å². The van der Waals surface area contributed by atoms with E-state index in [1.807, 2.05) is 12.1 Å². The number of rotatable bonds is 7. The standard InChI is InChI=1S/C26H32ClNO2/c1-17-4-3-5-18(6-17)16-30-25-23(27)10-22(11-24(25)29-2)15-28-26-12-19-7-20(13-26)9-21(8-19)14-26/h3-6,10-11,19-21,28H,7-9,12-16H2,1-2H3. The molecule has 4 aliphatic rings. The molecule has 0 saturated heterocycles. The van der Waals surface area contributed by atoms with Gasteiger partial charge in [-0.2, -0.15) is 0 Å². The Labute approximate surface area is 185 Å². The molecule has 160 valence electrons. The summed E-state index contributed by atoms with van der Waals surface area (Å²) in [5.41, 5.74) is 3.85. The third-order valence-corrected chi connectivity index (χ3v) is 7.74. The molecule has 4 aliphatic carbocycles. The second-order valence-electron chi connectivity index (χ2n) is 9.94. The number of benzene rings is 2. The van der Waals surface area contributed by atoms with E-state index in [4.69, 9.17) is 21.1 Å². The summed E-state index contributed by atoms with van der Waals surface area (Å²) in [6.45, 7) is 3.39. The predicted molar refractivity (Wildman–Crippen MR) is 121 cm³/mol. The number of nitrogens with one attached hydrogen (secondary N) is 1. The number of hydrogen-bond acceptors (Lipinski definition) is 3. The van der Waals surface area contributed by atoms with Gasteiger partial charge in [0.15, 0.2) is 11.5 Å². The van der Waals surface area contributed by atoms with Crippen LogP contribution in [0.15, 0.2) is 36.4 Å². The summed E-state index contributed by atoms with van der Waals surface area (Å²) in [7, 11) is 1.68. The molecule has 0 unspecified atom stereocenters. The van der Waals surface area contributed by atoms with Gasteiger partial charge in [0.25, 0.3) is 0 Å². The average Bonchev–Trinajstić information content (AvgIpc) is 2.70. The van der Waals surface area contributed by atoms with Crippen molar-refractivity contribution >= 4 is 11.6 Å². The first-order chi connectivity index (χ1) is 14.5. The van der Waals surface area contributed by atoms with Crippen molar-refractivity contribution in [1.29, 1.82) is 0 Å². The van der Waals surface area contributed by atoms with Crippen molar-refractivity contribution < 1.29 is 9.47 Å². The van der Waals surface area contributed by atoms with Crippen LogP contribution in [0.1, 0.15) is 55.2 Å². The fourth-order valence-electron chi connectivity index (χ4n) is 6.59. The maximum Gasteiger partial charge on any atom is 0.180 e. The number of halogens is 1. The molecule has 0 amide bonds. The van der Waals surface area contributed by atoms with Crippen LogP contribution in [0, 0.1) is 24.7 Å². The van der Waals surface area contributed by atoms with Gasteiger partial charge in [-0.1, -0.05) is 41.4 Å². The summed E-state index contributed by atoms with van der Waals surface area (Å²) in [6, 6.07) is 12.4. The molecular weight excluding hydrogens is 394 g/mol. The monoisotopic (exact) mass is 425 g/mol. The first kappa shape index (κ1) is 20.2. The van der Waals surface area contributed by atoms with Crippen LogP contribution in [-0.2, 0) is 13.2 Å². The fraction of sp³-hybridized carbons (Fsp3) is 0.538. The zero-order valence-electron chi connectivity index (χ0n) is 18.0. The van der Waals surface area contributed by atoms with Gasteiger partial charge in [0.1, 0.15) is 6.61 Å². The Morgan fingerprint density at radius 1 is 1.00 bits per heavy atom. The Hall–Kier alpha value is -1.71. The lowest BCUT2D eigenvalue weighted by Gasteiger charge is -2.57. The van der Waals surface area contributed by atoms with E-state index < -0.39 is 0 Å². The Balaban J connectivity index is 1.28. The van der Waals surface area contributed by atoms with E-state index in [9.17, 15) is 0 Å². The van der Waals surface area contributed by atoms with E-state index in [2.05, 4.69) is 36.5 Å². The molecule has 4 fully saturated rings.